The third-order valence-corrected chi connectivity index (χ3v) is 1.76. The largest absolute Gasteiger partial charge is 0.508 e. The quantitative estimate of drug-likeness (QED) is 0.599. The predicted octanol–water partition coefficient (Wildman–Crippen LogP) is 0.134. The molecular formula is C8H9BO3. The van der Waals surface area contributed by atoms with Gasteiger partial charge in [0.05, 0.1) is 13.2 Å². The summed E-state index contributed by atoms with van der Waals surface area (Å²) in [5.74, 6) is 0.242. The minimum atomic E-state index is -0.294. The van der Waals surface area contributed by atoms with Crippen molar-refractivity contribution in [2.45, 2.75) is 0 Å². The highest BCUT2D eigenvalue weighted by molar-refractivity contribution is 6.61. The Bertz CT molecular complexity index is 271. The number of benzene rings is 1. The summed E-state index contributed by atoms with van der Waals surface area (Å²) in [5, 5.41) is 9.16. The predicted molar refractivity (Wildman–Crippen MR) is 45.4 cm³/mol. The molecule has 1 aliphatic rings. The van der Waals surface area contributed by atoms with Gasteiger partial charge in [0.1, 0.15) is 5.75 Å². The Kier molecular flexibility index (Phi) is 2.02. The third kappa shape index (κ3) is 1.44. The first-order chi connectivity index (χ1) is 5.86. The van der Waals surface area contributed by atoms with Gasteiger partial charge in [0.15, 0.2) is 0 Å². The number of aromatic hydroxyl groups is 1. The summed E-state index contributed by atoms with van der Waals surface area (Å²) in [6.07, 6.45) is 0. The van der Waals surface area contributed by atoms with Crippen molar-refractivity contribution < 1.29 is 14.4 Å². The molecule has 0 atom stereocenters. The summed E-state index contributed by atoms with van der Waals surface area (Å²) < 4.78 is 10.5. The van der Waals surface area contributed by atoms with Crippen LogP contribution >= 0.6 is 0 Å². The number of rotatable bonds is 1. The third-order valence-electron chi connectivity index (χ3n) is 1.76. The molecule has 0 radical (unpaired) electrons. The van der Waals surface area contributed by atoms with Gasteiger partial charge in [-0.25, -0.2) is 0 Å². The summed E-state index contributed by atoms with van der Waals surface area (Å²) in [6, 6.07) is 6.92. The van der Waals surface area contributed by atoms with E-state index in [9.17, 15) is 0 Å². The van der Waals surface area contributed by atoms with Crippen LogP contribution in [0.4, 0.5) is 0 Å². The smallest absolute Gasteiger partial charge is 0.494 e. The van der Waals surface area contributed by atoms with Crippen LogP contribution in [0.1, 0.15) is 0 Å². The maximum Gasteiger partial charge on any atom is 0.494 e. The van der Waals surface area contributed by atoms with E-state index < -0.39 is 0 Å². The lowest BCUT2D eigenvalue weighted by molar-refractivity contribution is 0.365. The molecule has 0 saturated carbocycles. The Morgan fingerprint density at radius 1 is 1.25 bits per heavy atom. The molecular weight excluding hydrogens is 155 g/mol. The van der Waals surface area contributed by atoms with Gasteiger partial charge in [-0.3, -0.25) is 0 Å². The van der Waals surface area contributed by atoms with Crippen molar-refractivity contribution in [1.29, 1.82) is 0 Å². The summed E-state index contributed by atoms with van der Waals surface area (Å²) in [7, 11) is -0.294. The maximum atomic E-state index is 9.16. The number of hydrogen-bond acceptors (Lipinski definition) is 3. The molecule has 1 saturated heterocycles. The molecule has 4 heteroatoms. The summed E-state index contributed by atoms with van der Waals surface area (Å²) in [4.78, 5) is 0. The van der Waals surface area contributed by atoms with E-state index in [1.165, 1.54) is 0 Å². The van der Waals surface area contributed by atoms with Crippen LogP contribution in [-0.2, 0) is 9.31 Å². The van der Waals surface area contributed by atoms with Gasteiger partial charge in [-0.1, -0.05) is 12.1 Å². The van der Waals surface area contributed by atoms with E-state index >= 15 is 0 Å². The molecule has 1 N–H and O–H groups in total. The highest BCUT2D eigenvalue weighted by atomic mass is 16.6. The van der Waals surface area contributed by atoms with Crippen molar-refractivity contribution in [2.24, 2.45) is 0 Å². The molecule has 0 spiro atoms. The molecule has 0 aromatic heterocycles. The van der Waals surface area contributed by atoms with E-state index in [1.807, 2.05) is 6.07 Å². The van der Waals surface area contributed by atoms with Crippen molar-refractivity contribution in [1.82, 2.24) is 0 Å². The zero-order valence-electron chi connectivity index (χ0n) is 6.56. The van der Waals surface area contributed by atoms with Crippen molar-refractivity contribution in [3.05, 3.63) is 24.3 Å². The molecule has 62 valence electrons. The van der Waals surface area contributed by atoms with Crippen LogP contribution in [-0.4, -0.2) is 25.4 Å². The molecule has 0 amide bonds. The molecule has 3 nitrogen and oxygen atoms in total. The van der Waals surface area contributed by atoms with Gasteiger partial charge in [-0.15, -0.1) is 0 Å². The van der Waals surface area contributed by atoms with Gasteiger partial charge in [-0.2, -0.15) is 0 Å². The van der Waals surface area contributed by atoms with Crippen LogP contribution < -0.4 is 5.46 Å². The lowest BCUT2D eigenvalue weighted by Gasteiger charge is -2.03. The Morgan fingerprint density at radius 2 is 2.00 bits per heavy atom. The zero-order chi connectivity index (χ0) is 8.39. The minimum Gasteiger partial charge on any atom is -0.508 e. The molecule has 1 aromatic carbocycles. The van der Waals surface area contributed by atoms with Gasteiger partial charge in [0.2, 0.25) is 0 Å². The zero-order valence-corrected chi connectivity index (χ0v) is 6.56. The number of phenolic OH excluding ortho intramolecular Hbond substituents is 1. The van der Waals surface area contributed by atoms with Gasteiger partial charge in [-0.05, 0) is 17.6 Å². The first-order valence-electron chi connectivity index (χ1n) is 3.88. The average molecular weight is 164 g/mol. The van der Waals surface area contributed by atoms with Crippen LogP contribution in [0.3, 0.4) is 0 Å². The van der Waals surface area contributed by atoms with E-state index in [0.717, 1.165) is 5.46 Å². The Hall–Kier alpha value is -0.995. The maximum absolute atomic E-state index is 9.16. The summed E-state index contributed by atoms with van der Waals surface area (Å²) in [6.45, 7) is 1.25. The van der Waals surface area contributed by atoms with Crippen LogP contribution in [0.25, 0.3) is 0 Å². The highest BCUT2D eigenvalue weighted by Crippen LogP contribution is 2.07. The van der Waals surface area contributed by atoms with E-state index in [4.69, 9.17) is 14.4 Å². The Labute approximate surface area is 71.1 Å². The first-order valence-corrected chi connectivity index (χ1v) is 3.88. The van der Waals surface area contributed by atoms with E-state index in [-0.39, 0.29) is 12.9 Å². The number of phenols is 1. The standard InChI is InChI=1S/C8H9BO3/c10-8-3-1-2-7(6-8)9-11-4-5-12-9/h1-3,6,10H,4-5H2. The van der Waals surface area contributed by atoms with E-state index in [1.54, 1.807) is 18.2 Å². The molecule has 2 rings (SSSR count). The topological polar surface area (TPSA) is 38.7 Å². The van der Waals surface area contributed by atoms with Gasteiger partial charge < -0.3 is 14.4 Å². The van der Waals surface area contributed by atoms with Gasteiger partial charge in [0.25, 0.3) is 0 Å². The summed E-state index contributed by atoms with van der Waals surface area (Å²) >= 11 is 0. The lowest BCUT2D eigenvalue weighted by atomic mass is 9.79. The second kappa shape index (κ2) is 3.17. The molecule has 0 aliphatic carbocycles. The highest BCUT2D eigenvalue weighted by Gasteiger charge is 2.25. The second-order valence-electron chi connectivity index (χ2n) is 2.67. The molecule has 0 bridgehead atoms. The van der Waals surface area contributed by atoms with Crippen molar-refractivity contribution in [2.75, 3.05) is 13.2 Å². The minimum absolute atomic E-state index is 0.242. The first kappa shape index (κ1) is 7.64. The fourth-order valence-corrected chi connectivity index (χ4v) is 1.22. The molecule has 12 heavy (non-hydrogen) atoms. The van der Waals surface area contributed by atoms with E-state index in [2.05, 4.69) is 0 Å². The fourth-order valence-electron chi connectivity index (χ4n) is 1.22. The molecule has 1 aliphatic heterocycles. The molecule has 1 heterocycles. The van der Waals surface area contributed by atoms with Crippen LogP contribution in [0.5, 0.6) is 5.75 Å². The van der Waals surface area contributed by atoms with Gasteiger partial charge in [0, 0.05) is 0 Å². The molecule has 1 aromatic rings. The second-order valence-corrected chi connectivity index (χ2v) is 2.67. The molecule has 1 fully saturated rings. The normalized spacial score (nSPS) is 16.8. The van der Waals surface area contributed by atoms with Crippen molar-refractivity contribution in [3.8, 4) is 5.75 Å². The van der Waals surface area contributed by atoms with Crippen LogP contribution in [0, 0.1) is 0 Å². The Morgan fingerprint density at radius 3 is 2.67 bits per heavy atom. The van der Waals surface area contributed by atoms with Crippen LogP contribution in [0.15, 0.2) is 24.3 Å². The number of hydrogen-bond donors (Lipinski definition) is 1. The fraction of sp³-hybridized carbons (Fsp3) is 0.250. The Balaban J connectivity index is 2.21. The van der Waals surface area contributed by atoms with Gasteiger partial charge >= 0.3 is 7.12 Å². The van der Waals surface area contributed by atoms with E-state index in [0.29, 0.717) is 13.2 Å². The lowest BCUT2D eigenvalue weighted by Crippen LogP contribution is -2.31. The van der Waals surface area contributed by atoms with Crippen molar-refractivity contribution >= 4 is 12.6 Å². The SMILES string of the molecule is Oc1cccc(B2OCCO2)c1. The summed E-state index contributed by atoms with van der Waals surface area (Å²) in [5.41, 5.74) is 0.868. The van der Waals surface area contributed by atoms with Crippen molar-refractivity contribution in [3.63, 3.8) is 0 Å². The monoisotopic (exact) mass is 164 g/mol. The average Bonchev–Trinajstić information content (AvgIpc) is 2.56. The van der Waals surface area contributed by atoms with Crippen LogP contribution in [0.2, 0.25) is 0 Å². The molecule has 0 unspecified atom stereocenters.